The minimum Gasteiger partial charge on any atom is -0.462 e. The first-order valence-electron chi connectivity index (χ1n) is 5.43. The van der Waals surface area contributed by atoms with Gasteiger partial charge in [-0.05, 0) is 26.3 Å². The van der Waals surface area contributed by atoms with Crippen LogP contribution in [0.4, 0.5) is 0 Å². The van der Waals surface area contributed by atoms with Crippen molar-refractivity contribution < 1.29 is 19.1 Å². The predicted molar refractivity (Wildman–Crippen MR) is 62.1 cm³/mol. The van der Waals surface area contributed by atoms with Crippen molar-refractivity contribution in [1.29, 1.82) is 5.26 Å². The molecule has 0 aliphatic carbocycles. The zero-order valence-corrected chi connectivity index (χ0v) is 10.5. The van der Waals surface area contributed by atoms with Gasteiger partial charge in [0, 0.05) is 5.69 Å². The Balaban J connectivity index is 3.04. The first-order valence-corrected chi connectivity index (χ1v) is 5.43. The summed E-state index contributed by atoms with van der Waals surface area (Å²) in [5, 5.41) is 8.34. The number of aryl methyl sites for hydroxylation is 1. The van der Waals surface area contributed by atoms with Gasteiger partial charge in [0.05, 0.1) is 12.2 Å². The summed E-state index contributed by atoms with van der Waals surface area (Å²) in [6, 6.07) is 1.70. The molecule has 0 amide bonds. The Morgan fingerprint density at radius 2 is 1.94 bits per heavy atom. The zero-order valence-electron chi connectivity index (χ0n) is 10.5. The van der Waals surface area contributed by atoms with E-state index in [0.717, 1.165) is 0 Å². The molecule has 0 aliphatic heterocycles. The number of carbonyl (C=O) groups is 2. The van der Waals surface area contributed by atoms with Gasteiger partial charge in [-0.25, -0.2) is 9.59 Å². The summed E-state index contributed by atoms with van der Waals surface area (Å²) in [4.78, 5) is 26.1. The van der Waals surface area contributed by atoms with Gasteiger partial charge in [-0.3, -0.25) is 0 Å². The van der Waals surface area contributed by atoms with Crippen LogP contribution in [0.2, 0.25) is 0 Å². The van der Waals surface area contributed by atoms with Gasteiger partial charge < -0.3 is 14.5 Å². The second kappa shape index (κ2) is 5.87. The fourth-order valence-corrected chi connectivity index (χ4v) is 1.63. The molecule has 0 spiro atoms. The summed E-state index contributed by atoms with van der Waals surface area (Å²) in [5.74, 6) is -1.14. The molecule has 1 heterocycles. The van der Waals surface area contributed by atoms with E-state index in [2.05, 4.69) is 9.72 Å². The molecule has 96 valence electrons. The second-order valence-electron chi connectivity index (χ2n) is 3.58. The summed E-state index contributed by atoms with van der Waals surface area (Å²) in [6.45, 7) is 4.93. The van der Waals surface area contributed by atoms with E-state index < -0.39 is 11.9 Å². The lowest BCUT2D eigenvalue weighted by atomic mass is 10.1. The van der Waals surface area contributed by atoms with E-state index in [9.17, 15) is 9.59 Å². The highest BCUT2D eigenvalue weighted by atomic mass is 16.5. The van der Waals surface area contributed by atoms with Gasteiger partial charge in [0.1, 0.15) is 11.8 Å². The monoisotopic (exact) mass is 250 g/mol. The predicted octanol–water partition coefficient (Wildman–Crippen LogP) is 1.49. The van der Waals surface area contributed by atoms with Crippen molar-refractivity contribution >= 4 is 11.9 Å². The van der Waals surface area contributed by atoms with Crippen LogP contribution in [0.25, 0.3) is 0 Å². The van der Waals surface area contributed by atoms with Crippen LogP contribution in [-0.4, -0.2) is 30.1 Å². The van der Waals surface area contributed by atoms with Crippen molar-refractivity contribution in [3.63, 3.8) is 0 Å². The van der Waals surface area contributed by atoms with Crippen LogP contribution in [0.1, 0.15) is 39.0 Å². The van der Waals surface area contributed by atoms with Gasteiger partial charge in [0.2, 0.25) is 0 Å². The maximum Gasteiger partial charge on any atom is 0.356 e. The number of aromatic amines is 1. The van der Waals surface area contributed by atoms with E-state index in [0.29, 0.717) is 16.8 Å². The molecule has 0 saturated carbocycles. The Bertz CT molecular complexity index is 511. The molecule has 0 atom stereocenters. The number of ether oxygens (including phenoxy) is 2. The number of hydrogen-bond acceptors (Lipinski definition) is 5. The number of nitriles is 1. The van der Waals surface area contributed by atoms with Crippen molar-refractivity contribution in [2.24, 2.45) is 0 Å². The number of rotatable bonds is 4. The van der Waals surface area contributed by atoms with Gasteiger partial charge in [-0.15, -0.1) is 0 Å². The lowest BCUT2D eigenvalue weighted by molar-refractivity contribution is 0.0524. The lowest BCUT2D eigenvalue weighted by Gasteiger charge is -2.02. The van der Waals surface area contributed by atoms with Crippen molar-refractivity contribution in [2.45, 2.75) is 20.8 Å². The molecule has 0 radical (unpaired) electrons. The molecule has 0 saturated heterocycles. The highest BCUT2D eigenvalue weighted by Gasteiger charge is 2.23. The molecular weight excluding hydrogens is 236 g/mol. The Kier molecular flexibility index (Phi) is 4.49. The third-order valence-electron chi connectivity index (χ3n) is 2.39. The van der Waals surface area contributed by atoms with Crippen molar-refractivity contribution in [3.8, 4) is 6.07 Å². The minimum atomic E-state index is -0.660. The largest absolute Gasteiger partial charge is 0.462 e. The van der Waals surface area contributed by atoms with E-state index in [4.69, 9.17) is 10.00 Å². The van der Waals surface area contributed by atoms with Gasteiger partial charge in [0.25, 0.3) is 0 Å². The normalized spacial score (nSPS) is 9.67. The molecule has 0 fully saturated rings. The number of esters is 2. The first kappa shape index (κ1) is 13.8. The Labute approximate surface area is 105 Å². The number of nitrogens with zero attached hydrogens (tertiary/aromatic N) is 1. The molecule has 0 unspecified atom stereocenters. The molecule has 0 bridgehead atoms. The third-order valence-corrected chi connectivity index (χ3v) is 2.39. The van der Waals surface area contributed by atoms with Crippen molar-refractivity contribution in [1.82, 2.24) is 4.98 Å². The molecule has 6 nitrogen and oxygen atoms in total. The van der Waals surface area contributed by atoms with Crippen molar-refractivity contribution in [3.05, 3.63) is 22.5 Å². The van der Waals surface area contributed by atoms with E-state index in [1.165, 1.54) is 0 Å². The molecular formula is C12H14N2O4. The van der Waals surface area contributed by atoms with Crippen LogP contribution in [-0.2, 0) is 9.47 Å². The molecule has 0 aromatic carbocycles. The number of hydrogen-bond donors (Lipinski definition) is 1. The maximum atomic E-state index is 11.7. The summed E-state index contributed by atoms with van der Waals surface area (Å²) in [7, 11) is 0. The molecule has 1 aromatic rings. The van der Waals surface area contributed by atoms with Gasteiger partial charge in [-0.1, -0.05) is 0 Å². The van der Waals surface area contributed by atoms with Crippen LogP contribution in [0, 0.1) is 25.2 Å². The standard InChI is InChI=1S/C12H14N2O4/c1-4-17-11(15)9-7(2)10(14-8(9)3)12(16)18-6-5-13/h14H,4,6H2,1-3H3. The lowest BCUT2D eigenvalue weighted by Crippen LogP contribution is -2.09. The van der Waals surface area contributed by atoms with Gasteiger partial charge >= 0.3 is 11.9 Å². The summed E-state index contributed by atoms with van der Waals surface area (Å²) >= 11 is 0. The smallest absolute Gasteiger partial charge is 0.356 e. The van der Waals surface area contributed by atoms with Crippen LogP contribution >= 0.6 is 0 Å². The molecule has 1 rings (SSSR count). The van der Waals surface area contributed by atoms with E-state index in [1.807, 2.05) is 0 Å². The average molecular weight is 250 g/mol. The summed E-state index contributed by atoms with van der Waals surface area (Å²) in [6.07, 6.45) is 0. The Morgan fingerprint density at radius 1 is 1.28 bits per heavy atom. The Morgan fingerprint density at radius 3 is 2.50 bits per heavy atom. The summed E-state index contributed by atoms with van der Waals surface area (Å²) < 4.78 is 9.58. The SMILES string of the molecule is CCOC(=O)c1c(C)[nH]c(C(=O)OCC#N)c1C. The van der Waals surface area contributed by atoms with Gasteiger partial charge in [0.15, 0.2) is 6.61 Å². The number of aromatic nitrogens is 1. The van der Waals surface area contributed by atoms with E-state index >= 15 is 0 Å². The number of H-pyrrole nitrogens is 1. The highest BCUT2D eigenvalue weighted by Crippen LogP contribution is 2.19. The van der Waals surface area contributed by atoms with Gasteiger partial charge in [-0.2, -0.15) is 5.26 Å². The number of nitrogens with one attached hydrogen (secondary N) is 1. The molecule has 18 heavy (non-hydrogen) atoms. The minimum absolute atomic E-state index is 0.172. The first-order chi connectivity index (χ1) is 8.52. The molecule has 1 N–H and O–H groups in total. The fourth-order valence-electron chi connectivity index (χ4n) is 1.63. The number of carbonyl (C=O) groups excluding carboxylic acids is 2. The quantitative estimate of drug-likeness (QED) is 0.817. The van der Waals surface area contributed by atoms with Crippen LogP contribution in [0.3, 0.4) is 0 Å². The topological polar surface area (TPSA) is 92.2 Å². The average Bonchev–Trinajstić information content (AvgIpc) is 2.62. The zero-order chi connectivity index (χ0) is 13.7. The van der Waals surface area contributed by atoms with Crippen LogP contribution < -0.4 is 0 Å². The van der Waals surface area contributed by atoms with E-state index in [1.54, 1.807) is 26.8 Å². The fraction of sp³-hybridized carbons (Fsp3) is 0.417. The second-order valence-corrected chi connectivity index (χ2v) is 3.58. The van der Waals surface area contributed by atoms with E-state index in [-0.39, 0.29) is 18.9 Å². The molecule has 6 heteroatoms. The Hall–Kier alpha value is -2.29. The van der Waals surface area contributed by atoms with Crippen molar-refractivity contribution in [2.75, 3.05) is 13.2 Å². The maximum absolute atomic E-state index is 11.7. The van der Waals surface area contributed by atoms with Crippen LogP contribution in [0.15, 0.2) is 0 Å². The molecule has 0 aliphatic rings. The third kappa shape index (κ3) is 2.69. The molecule has 1 aromatic heterocycles. The highest BCUT2D eigenvalue weighted by molar-refractivity contribution is 5.98. The van der Waals surface area contributed by atoms with Crippen LogP contribution in [0.5, 0.6) is 0 Å². The summed E-state index contributed by atoms with van der Waals surface area (Å²) in [5.41, 5.74) is 1.51.